The Morgan fingerprint density at radius 1 is 1.40 bits per heavy atom. The van der Waals surface area contributed by atoms with Crippen LogP contribution in [0.5, 0.6) is 5.75 Å². The maximum Gasteiger partial charge on any atom is 0.336 e. The second-order valence-corrected chi connectivity index (χ2v) is 6.88. The molecule has 0 radical (unpaired) electrons. The number of nitrogens with zero attached hydrogens (tertiary/aromatic N) is 1. The van der Waals surface area contributed by atoms with Gasteiger partial charge in [-0.05, 0) is 49.9 Å². The molecule has 6 heteroatoms. The molecule has 1 saturated heterocycles. The van der Waals surface area contributed by atoms with Gasteiger partial charge in [-0.3, -0.25) is 0 Å². The first-order valence-electron chi connectivity index (χ1n) is 8.59. The zero-order valence-electron chi connectivity index (χ0n) is 14.7. The van der Waals surface area contributed by atoms with Gasteiger partial charge in [0, 0.05) is 30.6 Å². The molecule has 1 fully saturated rings. The average Bonchev–Trinajstić information content (AvgIpc) is 2.52. The van der Waals surface area contributed by atoms with E-state index >= 15 is 0 Å². The fourth-order valence-corrected chi connectivity index (χ4v) is 3.39. The first-order valence-corrected chi connectivity index (χ1v) is 8.59. The summed E-state index contributed by atoms with van der Waals surface area (Å²) in [7, 11) is 0. The number of aliphatic hydroxyl groups is 1. The molecule has 5 nitrogen and oxygen atoms in total. The lowest BCUT2D eigenvalue weighted by Gasteiger charge is -2.32. The molecule has 1 N–H and O–H groups in total. The smallest absolute Gasteiger partial charge is 0.336 e. The molecular weight excluding hydrogens is 342 g/mol. The number of piperidine rings is 1. The van der Waals surface area contributed by atoms with E-state index in [9.17, 15) is 9.90 Å². The summed E-state index contributed by atoms with van der Waals surface area (Å²) in [5.41, 5.74) is 1.03. The Bertz CT molecular complexity index is 761. The summed E-state index contributed by atoms with van der Waals surface area (Å²) in [6, 6.07) is 6.90. The fraction of sp³-hybridized carbons (Fsp3) is 0.526. The number of halogens is 1. The van der Waals surface area contributed by atoms with E-state index in [4.69, 9.17) is 9.15 Å². The highest BCUT2D eigenvalue weighted by Crippen LogP contribution is 2.22. The van der Waals surface area contributed by atoms with E-state index in [0.29, 0.717) is 23.8 Å². The van der Waals surface area contributed by atoms with E-state index in [1.807, 2.05) is 19.1 Å². The van der Waals surface area contributed by atoms with Crippen LogP contribution in [0.15, 0.2) is 33.5 Å². The number of β-amino-alcohol motifs (C(OH)–C–C–N with tert-alkyl or cyclic N) is 1. The van der Waals surface area contributed by atoms with Gasteiger partial charge in [0.1, 0.15) is 24.0 Å². The van der Waals surface area contributed by atoms with E-state index in [1.54, 1.807) is 6.07 Å². The van der Waals surface area contributed by atoms with Gasteiger partial charge in [-0.15, -0.1) is 12.4 Å². The van der Waals surface area contributed by atoms with Crippen molar-refractivity contribution in [2.24, 2.45) is 5.92 Å². The summed E-state index contributed by atoms with van der Waals surface area (Å²) in [5, 5.41) is 11.1. The summed E-state index contributed by atoms with van der Waals surface area (Å²) < 4.78 is 10.9. The summed E-state index contributed by atoms with van der Waals surface area (Å²) in [4.78, 5) is 13.8. The van der Waals surface area contributed by atoms with Gasteiger partial charge >= 0.3 is 5.63 Å². The Kier molecular flexibility index (Phi) is 6.87. The van der Waals surface area contributed by atoms with Gasteiger partial charge in [-0.1, -0.05) is 6.92 Å². The number of aliphatic hydroxyl groups excluding tert-OH is 1. The monoisotopic (exact) mass is 367 g/mol. The van der Waals surface area contributed by atoms with E-state index in [-0.39, 0.29) is 24.6 Å². The third kappa shape index (κ3) is 5.21. The van der Waals surface area contributed by atoms with Crippen LogP contribution < -0.4 is 10.4 Å². The first kappa shape index (κ1) is 19.8. The number of hydrogen-bond acceptors (Lipinski definition) is 5. The highest BCUT2D eigenvalue weighted by Gasteiger charge is 2.19. The number of hydrogen-bond donors (Lipinski definition) is 1. The molecule has 0 bridgehead atoms. The zero-order chi connectivity index (χ0) is 17.1. The molecule has 1 aromatic carbocycles. The Labute approximate surface area is 154 Å². The minimum Gasteiger partial charge on any atom is -0.491 e. The molecule has 2 unspecified atom stereocenters. The lowest BCUT2D eigenvalue weighted by Crippen LogP contribution is -2.41. The molecule has 3 rings (SSSR count). The molecule has 1 aliphatic rings. The topological polar surface area (TPSA) is 62.9 Å². The molecule has 0 saturated carbocycles. The number of fused-ring (bicyclic) bond motifs is 1. The lowest BCUT2D eigenvalue weighted by atomic mass is 10.0. The Morgan fingerprint density at radius 3 is 2.96 bits per heavy atom. The van der Waals surface area contributed by atoms with Crippen molar-refractivity contribution in [1.82, 2.24) is 4.90 Å². The van der Waals surface area contributed by atoms with Crippen molar-refractivity contribution in [3.8, 4) is 5.75 Å². The minimum atomic E-state index is -0.532. The molecule has 0 amide bonds. The molecule has 25 heavy (non-hydrogen) atoms. The van der Waals surface area contributed by atoms with Crippen molar-refractivity contribution in [3.05, 3.63) is 40.2 Å². The molecule has 1 aromatic heterocycles. The van der Waals surface area contributed by atoms with Crippen LogP contribution in [0, 0.1) is 12.8 Å². The van der Waals surface area contributed by atoms with Crippen molar-refractivity contribution in [3.63, 3.8) is 0 Å². The lowest BCUT2D eigenvalue weighted by molar-refractivity contribution is 0.0537. The maximum absolute atomic E-state index is 11.5. The normalized spacial score (nSPS) is 19.4. The Hall–Kier alpha value is -1.56. The molecule has 2 heterocycles. The Morgan fingerprint density at radius 2 is 2.20 bits per heavy atom. The molecule has 0 spiro atoms. The van der Waals surface area contributed by atoms with Crippen molar-refractivity contribution in [2.45, 2.75) is 32.8 Å². The standard InChI is InChI=1S/C19H25NO4.ClH/c1-13-4-3-7-20(10-13)11-15(21)12-23-16-5-6-17-14(2)8-19(22)24-18(17)9-16;/h5-6,8-9,13,15,21H,3-4,7,10-12H2,1-2H3;1H. The minimum absolute atomic E-state index is 0. The largest absolute Gasteiger partial charge is 0.491 e. The van der Waals surface area contributed by atoms with Crippen LogP contribution >= 0.6 is 12.4 Å². The number of benzene rings is 1. The highest BCUT2D eigenvalue weighted by atomic mass is 35.5. The maximum atomic E-state index is 11.5. The van der Waals surface area contributed by atoms with Gasteiger partial charge < -0.3 is 19.2 Å². The van der Waals surface area contributed by atoms with Crippen LogP contribution in [0.4, 0.5) is 0 Å². The molecule has 2 aromatic rings. The Balaban J connectivity index is 0.00000225. The van der Waals surface area contributed by atoms with Gasteiger partial charge in [0.05, 0.1) is 0 Å². The van der Waals surface area contributed by atoms with E-state index < -0.39 is 6.10 Å². The van der Waals surface area contributed by atoms with E-state index in [2.05, 4.69) is 11.8 Å². The van der Waals surface area contributed by atoms with Crippen LogP contribution in [-0.2, 0) is 0 Å². The van der Waals surface area contributed by atoms with Crippen molar-refractivity contribution in [1.29, 1.82) is 0 Å². The number of likely N-dealkylation sites (tertiary alicyclic amines) is 1. The molecular formula is C19H26ClNO4. The summed E-state index contributed by atoms with van der Waals surface area (Å²) in [6.07, 6.45) is 1.93. The summed E-state index contributed by atoms with van der Waals surface area (Å²) in [6.45, 7) is 7.07. The van der Waals surface area contributed by atoms with Crippen molar-refractivity contribution in [2.75, 3.05) is 26.2 Å². The van der Waals surface area contributed by atoms with Gasteiger partial charge in [-0.25, -0.2) is 4.79 Å². The second-order valence-electron chi connectivity index (χ2n) is 6.88. The van der Waals surface area contributed by atoms with Crippen LogP contribution in [0.1, 0.15) is 25.3 Å². The fourth-order valence-electron chi connectivity index (χ4n) is 3.39. The number of rotatable bonds is 5. The molecule has 1 aliphatic heterocycles. The van der Waals surface area contributed by atoms with Gasteiger partial charge in [0.2, 0.25) is 0 Å². The van der Waals surface area contributed by atoms with Gasteiger partial charge in [0.25, 0.3) is 0 Å². The quantitative estimate of drug-likeness (QED) is 0.823. The molecule has 138 valence electrons. The highest BCUT2D eigenvalue weighted by molar-refractivity contribution is 5.85. The van der Waals surface area contributed by atoms with Crippen LogP contribution in [0.2, 0.25) is 0 Å². The summed E-state index contributed by atoms with van der Waals surface area (Å²) >= 11 is 0. The van der Waals surface area contributed by atoms with Crippen LogP contribution in [0.25, 0.3) is 11.0 Å². The van der Waals surface area contributed by atoms with E-state index in [1.165, 1.54) is 18.9 Å². The third-order valence-corrected chi connectivity index (χ3v) is 4.58. The van der Waals surface area contributed by atoms with Gasteiger partial charge in [-0.2, -0.15) is 0 Å². The number of aryl methyl sites for hydroxylation is 1. The molecule has 2 atom stereocenters. The third-order valence-electron chi connectivity index (χ3n) is 4.58. The predicted molar refractivity (Wildman–Crippen MR) is 101 cm³/mol. The molecule has 0 aliphatic carbocycles. The van der Waals surface area contributed by atoms with Crippen molar-refractivity contribution < 1.29 is 14.3 Å². The second kappa shape index (κ2) is 8.70. The average molecular weight is 368 g/mol. The summed E-state index contributed by atoms with van der Waals surface area (Å²) in [5.74, 6) is 1.29. The van der Waals surface area contributed by atoms with Crippen molar-refractivity contribution >= 4 is 23.4 Å². The number of ether oxygens (including phenoxy) is 1. The predicted octanol–water partition coefficient (Wildman–Crippen LogP) is 2.99. The zero-order valence-corrected chi connectivity index (χ0v) is 15.6. The van der Waals surface area contributed by atoms with E-state index in [0.717, 1.165) is 24.0 Å². The van der Waals surface area contributed by atoms with Crippen LogP contribution in [0.3, 0.4) is 0 Å². The van der Waals surface area contributed by atoms with Crippen LogP contribution in [-0.4, -0.2) is 42.4 Å². The first-order chi connectivity index (χ1) is 11.5. The SMILES string of the molecule is Cc1cc(=O)oc2cc(OCC(O)CN3CCCC(C)C3)ccc12.Cl. The van der Waals surface area contributed by atoms with Gasteiger partial charge in [0.15, 0.2) is 0 Å².